The van der Waals surface area contributed by atoms with Gasteiger partial charge in [-0.05, 0) is 25.0 Å². The highest BCUT2D eigenvalue weighted by molar-refractivity contribution is 5.70. The van der Waals surface area contributed by atoms with Gasteiger partial charge in [0.1, 0.15) is 42.3 Å². The lowest BCUT2D eigenvalue weighted by Crippen LogP contribution is -2.59. The third-order valence-electron chi connectivity index (χ3n) is 7.98. The predicted molar refractivity (Wildman–Crippen MR) is 131 cm³/mol. The van der Waals surface area contributed by atoms with E-state index in [4.69, 9.17) is 14.2 Å². The second-order valence-corrected chi connectivity index (χ2v) is 10.3. The average Bonchev–Trinajstić information content (AvgIpc) is 3.59. The number of aliphatic hydroxyl groups excluding tert-OH is 2. The third-order valence-corrected chi connectivity index (χ3v) is 7.98. The topological polar surface area (TPSA) is 160 Å². The first-order chi connectivity index (χ1) is 19.6. The number of rotatable bonds is 7. The molecule has 0 aliphatic carbocycles. The third kappa shape index (κ3) is 5.68. The Morgan fingerprint density at radius 3 is 2.46 bits per heavy atom. The van der Waals surface area contributed by atoms with Crippen LogP contribution >= 0.6 is 0 Å². The summed E-state index contributed by atoms with van der Waals surface area (Å²) in [5, 5.41) is 38.0. The van der Waals surface area contributed by atoms with E-state index >= 15 is 0 Å². The van der Waals surface area contributed by atoms with E-state index in [0.29, 0.717) is 25.9 Å². The Hall–Kier alpha value is -3.47. The number of carbonyl (C=O) groups excluding carboxylic acids is 1. The number of methoxy groups -OCH3 is 1. The van der Waals surface area contributed by atoms with Gasteiger partial charge in [-0.15, -0.1) is 5.10 Å². The van der Waals surface area contributed by atoms with E-state index in [0.717, 1.165) is 12.1 Å². The smallest absolute Gasteiger partial charge is 0.410 e. The number of amides is 2. The van der Waals surface area contributed by atoms with Gasteiger partial charge in [0.2, 0.25) is 0 Å². The first-order valence-corrected chi connectivity index (χ1v) is 13.1. The molecule has 224 valence electrons. The number of hydrogen-bond donors (Lipinski definition) is 3. The second kappa shape index (κ2) is 11.8. The number of halogens is 3. The molecule has 1 aromatic carbocycles. The lowest BCUT2D eigenvalue weighted by Gasteiger charge is -2.44. The maximum Gasteiger partial charge on any atom is 0.410 e. The average molecular weight is 586 g/mol. The number of likely N-dealkylation sites (tertiary alicyclic amines) is 1. The lowest BCUT2D eigenvalue weighted by atomic mass is 9.90. The van der Waals surface area contributed by atoms with E-state index in [2.05, 4.69) is 10.3 Å². The van der Waals surface area contributed by atoms with Crippen molar-refractivity contribution in [2.75, 3.05) is 39.9 Å². The van der Waals surface area contributed by atoms with Crippen LogP contribution in [0.15, 0.2) is 18.3 Å². The van der Waals surface area contributed by atoms with Crippen LogP contribution in [0.4, 0.5) is 22.8 Å². The molecule has 3 N–H and O–H groups in total. The van der Waals surface area contributed by atoms with Crippen LogP contribution in [0.2, 0.25) is 0 Å². The molecule has 2 amide bonds. The van der Waals surface area contributed by atoms with Crippen molar-refractivity contribution in [1.29, 1.82) is 0 Å². The summed E-state index contributed by atoms with van der Waals surface area (Å²) in [5.74, 6) is -4.44. The van der Waals surface area contributed by atoms with E-state index in [9.17, 15) is 38.1 Å². The monoisotopic (exact) mass is 585 g/mol. The molecule has 1 unspecified atom stereocenters. The first kappa shape index (κ1) is 29.0. The fourth-order valence-electron chi connectivity index (χ4n) is 5.78. The van der Waals surface area contributed by atoms with Crippen LogP contribution in [0, 0.1) is 23.4 Å². The number of cyclic esters (lactones) is 1. The summed E-state index contributed by atoms with van der Waals surface area (Å²) in [4.78, 5) is 26.7. The van der Waals surface area contributed by atoms with Crippen molar-refractivity contribution in [3.8, 4) is 11.3 Å². The van der Waals surface area contributed by atoms with Crippen LogP contribution in [0.5, 0.6) is 0 Å². The molecule has 0 radical (unpaired) electrons. The molecule has 6 atom stereocenters. The van der Waals surface area contributed by atoms with Crippen molar-refractivity contribution in [3.63, 3.8) is 0 Å². The van der Waals surface area contributed by atoms with E-state index in [1.807, 2.05) is 0 Å². The number of carboxylic acid groups (broad SMARTS) is 1. The van der Waals surface area contributed by atoms with Crippen molar-refractivity contribution in [2.45, 2.75) is 49.4 Å². The first-order valence-electron chi connectivity index (χ1n) is 13.1. The molecule has 4 heterocycles. The van der Waals surface area contributed by atoms with Gasteiger partial charge in [0, 0.05) is 31.7 Å². The molecule has 3 aliphatic heterocycles. The summed E-state index contributed by atoms with van der Waals surface area (Å²) in [5.41, 5.74) is -0.0909. The summed E-state index contributed by atoms with van der Waals surface area (Å²) in [6.45, 7) is 0.340. The summed E-state index contributed by atoms with van der Waals surface area (Å²) < 4.78 is 59.4. The molecule has 3 fully saturated rings. The van der Waals surface area contributed by atoms with Crippen LogP contribution in [0.3, 0.4) is 0 Å². The quantitative estimate of drug-likeness (QED) is 0.404. The molecule has 3 aliphatic rings. The molecule has 1 aromatic heterocycles. The minimum absolute atomic E-state index is 0.00616. The molecule has 0 saturated carbocycles. The predicted octanol–water partition coefficient (Wildman–Crippen LogP) is 1.25. The zero-order valence-corrected chi connectivity index (χ0v) is 22.0. The highest BCUT2D eigenvalue weighted by Crippen LogP contribution is 2.35. The van der Waals surface area contributed by atoms with Gasteiger partial charge in [-0.25, -0.2) is 27.4 Å². The molecule has 3 saturated heterocycles. The van der Waals surface area contributed by atoms with Crippen LogP contribution in [-0.4, -0.2) is 123 Å². The fraction of sp³-hybridized carbons (Fsp3) is 0.600. The normalized spacial score (nSPS) is 29.2. The van der Waals surface area contributed by atoms with Crippen LogP contribution in [-0.2, 0) is 14.2 Å². The Bertz CT molecular complexity index is 1250. The van der Waals surface area contributed by atoms with Crippen molar-refractivity contribution < 1.29 is 52.3 Å². The largest absolute Gasteiger partial charge is 0.465 e. The number of ether oxygens (including phenoxy) is 3. The molecule has 16 heteroatoms. The molecule has 41 heavy (non-hydrogen) atoms. The molecular weight excluding hydrogens is 555 g/mol. The number of nitrogens with zero attached hydrogens (tertiary/aromatic N) is 5. The van der Waals surface area contributed by atoms with E-state index < -0.39 is 72.8 Å². The van der Waals surface area contributed by atoms with Crippen molar-refractivity contribution in [1.82, 2.24) is 24.8 Å². The second-order valence-electron chi connectivity index (χ2n) is 10.3. The Balaban J connectivity index is 1.32. The SMILES string of the molecule is CO[C@@H]1[C@@H](n2cc(-c3cc(F)c(F)c(F)c3)nn2)[C@@H](O)[C@@H](CO)O[C@@H]1CN1CC(C2CCN(C(=O)O)CC2)OC1=O. The van der Waals surface area contributed by atoms with Crippen LogP contribution in [0.1, 0.15) is 18.9 Å². The maximum absolute atomic E-state index is 13.8. The van der Waals surface area contributed by atoms with E-state index in [1.165, 1.54) is 27.8 Å². The summed E-state index contributed by atoms with van der Waals surface area (Å²) in [6.07, 6.45) is -3.84. The zero-order valence-electron chi connectivity index (χ0n) is 22.0. The Morgan fingerprint density at radius 2 is 1.85 bits per heavy atom. The molecular formula is C25H30F3N5O8. The van der Waals surface area contributed by atoms with Crippen molar-refractivity contribution in [2.24, 2.45) is 5.92 Å². The minimum Gasteiger partial charge on any atom is -0.465 e. The van der Waals surface area contributed by atoms with Gasteiger partial charge < -0.3 is 39.3 Å². The number of carbonyl (C=O) groups is 2. The van der Waals surface area contributed by atoms with Gasteiger partial charge in [-0.2, -0.15) is 0 Å². The summed E-state index contributed by atoms with van der Waals surface area (Å²) in [6, 6.07) is 0.532. The number of piperidine rings is 1. The molecule has 0 bridgehead atoms. The Morgan fingerprint density at radius 1 is 1.17 bits per heavy atom. The molecule has 0 spiro atoms. The van der Waals surface area contributed by atoms with E-state index in [-0.39, 0.29) is 30.3 Å². The standard InChI is InChI=1S/C25H30F3N5O8/c1-39-23-18(10-32-9-17(41-25(32)38)12-2-4-31(5-3-12)24(36)37)40-19(11-34)22(35)21(23)33-8-16(29-30-33)13-6-14(26)20(28)15(27)7-13/h6-8,12,17-19,21-23,34-35H,2-5,9-11H2,1H3,(H,36,37)/t17?,18-,19-,21+,22+,23+/m1/s1. The molecule has 5 rings (SSSR count). The van der Waals surface area contributed by atoms with Gasteiger partial charge in [-0.1, -0.05) is 5.21 Å². The van der Waals surface area contributed by atoms with Gasteiger partial charge in [-0.3, -0.25) is 0 Å². The summed E-state index contributed by atoms with van der Waals surface area (Å²) in [7, 11) is 1.37. The fourth-order valence-corrected chi connectivity index (χ4v) is 5.78. The Labute approximate surface area is 232 Å². The number of hydrogen-bond acceptors (Lipinski definition) is 9. The van der Waals surface area contributed by atoms with Gasteiger partial charge >= 0.3 is 12.2 Å². The van der Waals surface area contributed by atoms with Crippen LogP contribution in [0.25, 0.3) is 11.3 Å². The number of benzene rings is 1. The Kier molecular flexibility index (Phi) is 8.35. The van der Waals surface area contributed by atoms with E-state index in [1.54, 1.807) is 0 Å². The zero-order chi connectivity index (χ0) is 29.4. The molecule has 13 nitrogen and oxygen atoms in total. The maximum atomic E-state index is 13.8. The minimum atomic E-state index is -1.62. The summed E-state index contributed by atoms with van der Waals surface area (Å²) >= 11 is 0. The van der Waals surface area contributed by atoms with Gasteiger partial charge in [0.25, 0.3) is 0 Å². The molecule has 2 aromatic rings. The van der Waals surface area contributed by atoms with Gasteiger partial charge in [0.15, 0.2) is 17.5 Å². The number of aliphatic hydroxyl groups is 2. The van der Waals surface area contributed by atoms with Crippen molar-refractivity contribution in [3.05, 3.63) is 35.8 Å². The van der Waals surface area contributed by atoms with Gasteiger partial charge in [0.05, 0.1) is 25.9 Å². The highest BCUT2D eigenvalue weighted by atomic mass is 19.2. The van der Waals surface area contributed by atoms with Crippen LogP contribution < -0.4 is 0 Å². The highest BCUT2D eigenvalue weighted by Gasteiger charge is 2.49. The van der Waals surface area contributed by atoms with Crippen molar-refractivity contribution >= 4 is 12.2 Å². The lowest BCUT2D eigenvalue weighted by molar-refractivity contribution is -0.214. The number of aromatic nitrogens is 3.